The number of para-hydroxylation sites is 1. The van der Waals surface area contributed by atoms with Crippen LogP contribution in [0.4, 0.5) is 17.2 Å². The van der Waals surface area contributed by atoms with Crippen LogP contribution in [0.1, 0.15) is 20.7 Å². The molecule has 2 heterocycles. The van der Waals surface area contributed by atoms with E-state index in [9.17, 15) is 14.7 Å². The average molecular weight is 462 g/mol. The van der Waals surface area contributed by atoms with Crippen molar-refractivity contribution in [3.63, 3.8) is 0 Å². The summed E-state index contributed by atoms with van der Waals surface area (Å²) in [5.74, 6) is -0.249. The zero-order chi connectivity index (χ0) is 24.2. The fourth-order valence-electron chi connectivity index (χ4n) is 3.59. The van der Waals surface area contributed by atoms with Gasteiger partial charge in [0.15, 0.2) is 23.7 Å². The van der Waals surface area contributed by atoms with Crippen LogP contribution >= 0.6 is 0 Å². The van der Waals surface area contributed by atoms with Crippen LogP contribution in [0.15, 0.2) is 101 Å². The number of fused-ring (bicyclic) bond motifs is 1. The standard InChI is InChI=1S/C26H18N6O3/c33-16-18-15-28-32(22-12-6-7-13-27-22)25(18)31-30-23-20-11-5-4-8-17(20)14-21(24(23)34)26(35)29-19-9-2-1-3-10-19/h1-16,34H,(H,29,35). The van der Waals surface area contributed by atoms with E-state index in [4.69, 9.17) is 0 Å². The van der Waals surface area contributed by atoms with Gasteiger partial charge in [-0.1, -0.05) is 48.5 Å². The summed E-state index contributed by atoms with van der Waals surface area (Å²) in [7, 11) is 0. The second-order valence-corrected chi connectivity index (χ2v) is 7.50. The second kappa shape index (κ2) is 9.36. The molecule has 0 saturated carbocycles. The highest BCUT2D eigenvalue weighted by Gasteiger charge is 2.19. The van der Waals surface area contributed by atoms with Gasteiger partial charge in [-0.25, -0.2) is 4.98 Å². The molecule has 3 aromatic carbocycles. The number of carbonyl (C=O) groups excluding carboxylic acids is 2. The lowest BCUT2D eigenvalue weighted by atomic mass is 10.0. The first-order valence-electron chi connectivity index (χ1n) is 10.6. The lowest BCUT2D eigenvalue weighted by molar-refractivity contribution is 0.102. The quantitative estimate of drug-likeness (QED) is 0.251. The van der Waals surface area contributed by atoms with Gasteiger partial charge < -0.3 is 10.4 Å². The fourth-order valence-corrected chi connectivity index (χ4v) is 3.59. The minimum atomic E-state index is -0.497. The van der Waals surface area contributed by atoms with Gasteiger partial charge in [0.05, 0.1) is 17.3 Å². The topological polar surface area (TPSA) is 122 Å². The van der Waals surface area contributed by atoms with E-state index in [2.05, 4.69) is 25.6 Å². The summed E-state index contributed by atoms with van der Waals surface area (Å²) in [6.07, 6.45) is 3.56. The summed E-state index contributed by atoms with van der Waals surface area (Å²) in [5.41, 5.74) is 0.909. The number of phenols is 1. The number of carbonyl (C=O) groups is 2. The second-order valence-electron chi connectivity index (χ2n) is 7.50. The number of benzene rings is 3. The van der Waals surface area contributed by atoms with E-state index in [0.717, 1.165) is 0 Å². The third-order valence-corrected chi connectivity index (χ3v) is 5.28. The maximum absolute atomic E-state index is 13.0. The van der Waals surface area contributed by atoms with E-state index in [0.29, 0.717) is 28.6 Å². The van der Waals surface area contributed by atoms with E-state index < -0.39 is 5.91 Å². The maximum atomic E-state index is 13.0. The van der Waals surface area contributed by atoms with E-state index in [1.165, 1.54) is 10.9 Å². The van der Waals surface area contributed by atoms with Crippen molar-refractivity contribution in [2.45, 2.75) is 0 Å². The lowest BCUT2D eigenvalue weighted by Crippen LogP contribution is -2.12. The van der Waals surface area contributed by atoms with E-state index >= 15 is 0 Å². The predicted molar refractivity (Wildman–Crippen MR) is 131 cm³/mol. The molecule has 2 N–H and O–H groups in total. The summed E-state index contributed by atoms with van der Waals surface area (Å²) in [6.45, 7) is 0. The Balaban J connectivity index is 1.61. The van der Waals surface area contributed by atoms with Crippen LogP contribution in [0.25, 0.3) is 16.6 Å². The van der Waals surface area contributed by atoms with Crippen LogP contribution in [0.2, 0.25) is 0 Å². The van der Waals surface area contributed by atoms with Crippen molar-refractivity contribution in [1.29, 1.82) is 0 Å². The van der Waals surface area contributed by atoms with Crippen LogP contribution < -0.4 is 5.32 Å². The normalized spacial score (nSPS) is 11.1. The van der Waals surface area contributed by atoms with Gasteiger partial charge in [0.1, 0.15) is 5.69 Å². The van der Waals surface area contributed by atoms with Crippen LogP contribution in [0.3, 0.4) is 0 Å². The van der Waals surface area contributed by atoms with Crippen LogP contribution in [0.5, 0.6) is 5.75 Å². The summed E-state index contributed by atoms with van der Waals surface area (Å²) in [6, 6.07) is 22.9. The number of aromatic nitrogens is 3. The molecular weight excluding hydrogens is 444 g/mol. The zero-order valence-electron chi connectivity index (χ0n) is 18.2. The predicted octanol–water partition coefficient (Wildman–Crippen LogP) is 5.61. The van der Waals surface area contributed by atoms with Crippen molar-refractivity contribution >= 4 is 40.2 Å². The van der Waals surface area contributed by atoms with Crippen molar-refractivity contribution < 1.29 is 14.7 Å². The first kappa shape index (κ1) is 21.7. The highest BCUT2D eigenvalue weighted by molar-refractivity contribution is 6.11. The highest BCUT2D eigenvalue weighted by atomic mass is 16.3. The molecule has 0 aliphatic heterocycles. The number of pyridine rings is 1. The Labute approximate surface area is 199 Å². The van der Waals surface area contributed by atoms with Crippen LogP contribution in [0, 0.1) is 0 Å². The number of anilines is 1. The number of rotatable bonds is 6. The first-order valence-corrected chi connectivity index (χ1v) is 10.6. The maximum Gasteiger partial charge on any atom is 0.259 e. The molecule has 0 fully saturated rings. The molecular formula is C26H18N6O3. The van der Waals surface area contributed by atoms with E-state index in [1.54, 1.807) is 66.9 Å². The Morgan fingerprint density at radius 2 is 1.74 bits per heavy atom. The number of aromatic hydroxyl groups is 1. The minimum Gasteiger partial charge on any atom is -0.505 e. The van der Waals surface area contributed by atoms with Gasteiger partial charge in [-0.15, -0.1) is 10.2 Å². The van der Waals surface area contributed by atoms with Crippen LogP contribution in [-0.2, 0) is 0 Å². The number of aldehydes is 1. The molecule has 0 atom stereocenters. The molecule has 0 aliphatic rings. The number of hydrogen-bond acceptors (Lipinski definition) is 7. The monoisotopic (exact) mass is 462 g/mol. The first-order chi connectivity index (χ1) is 17.2. The van der Waals surface area contributed by atoms with E-state index in [-0.39, 0.29) is 28.4 Å². The van der Waals surface area contributed by atoms with Gasteiger partial charge >= 0.3 is 0 Å². The van der Waals surface area contributed by atoms with Crippen molar-refractivity contribution in [2.75, 3.05) is 5.32 Å². The van der Waals surface area contributed by atoms with Gasteiger partial charge in [-0.3, -0.25) is 9.59 Å². The molecule has 9 nitrogen and oxygen atoms in total. The Morgan fingerprint density at radius 1 is 0.971 bits per heavy atom. The van der Waals surface area contributed by atoms with Crippen molar-refractivity contribution in [1.82, 2.24) is 14.8 Å². The minimum absolute atomic E-state index is 0.0374. The molecule has 5 aromatic rings. The smallest absolute Gasteiger partial charge is 0.259 e. The number of nitrogens with zero attached hydrogens (tertiary/aromatic N) is 5. The van der Waals surface area contributed by atoms with Gasteiger partial charge in [0.2, 0.25) is 0 Å². The lowest BCUT2D eigenvalue weighted by Gasteiger charge is -2.11. The summed E-state index contributed by atoms with van der Waals surface area (Å²) in [4.78, 5) is 28.8. The summed E-state index contributed by atoms with van der Waals surface area (Å²) in [5, 5.41) is 27.8. The molecule has 1 amide bonds. The van der Waals surface area contributed by atoms with Gasteiger partial charge in [-0.2, -0.15) is 9.78 Å². The van der Waals surface area contributed by atoms with Crippen molar-refractivity contribution in [3.8, 4) is 11.6 Å². The summed E-state index contributed by atoms with van der Waals surface area (Å²) < 4.78 is 1.37. The Kier molecular flexibility index (Phi) is 5.79. The number of phenolic OH excluding ortho intramolecular Hbond substituents is 1. The average Bonchev–Trinajstić information content (AvgIpc) is 3.32. The van der Waals surface area contributed by atoms with Gasteiger partial charge in [0.25, 0.3) is 5.91 Å². The molecule has 0 saturated heterocycles. The molecule has 0 radical (unpaired) electrons. The molecule has 0 bridgehead atoms. The molecule has 0 unspecified atom stereocenters. The van der Waals surface area contributed by atoms with Gasteiger partial charge in [-0.05, 0) is 35.7 Å². The van der Waals surface area contributed by atoms with Crippen LogP contribution in [-0.4, -0.2) is 32.1 Å². The highest BCUT2D eigenvalue weighted by Crippen LogP contribution is 2.40. The largest absolute Gasteiger partial charge is 0.505 e. The fraction of sp³-hybridized carbons (Fsp3) is 0. The number of azo groups is 1. The van der Waals surface area contributed by atoms with E-state index in [1.807, 2.05) is 18.2 Å². The Bertz CT molecular complexity index is 1560. The SMILES string of the molecule is O=Cc1cnn(-c2ccccn2)c1N=Nc1c(O)c(C(=O)Nc2ccccc2)cc2ccccc12. The van der Waals surface area contributed by atoms with Gasteiger partial charge in [0, 0.05) is 17.3 Å². The third-order valence-electron chi connectivity index (χ3n) is 5.28. The van der Waals surface area contributed by atoms with Crippen molar-refractivity contribution in [3.05, 3.63) is 102 Å². The molecule has 170 valence electrons. The zero-order valence-corrected chi connectivity index (χ0v) is 18.2. The Morgan fingerprint density at radius 3 is 2.51 bits per heavy atom. The molecule has 2 aromatic heterocycles. The Hall–Kier alpha value is -5.18. The molecule has 5 rings (SSSR count). The number of amides is 1. The molecule has 0 aliphatic carbocycles. The number of nitrogens with one attached hydrogen (secondary N) is 1. The molecule has 35 heavy (non-hydrogen) atoms. The molecule has 9 heteroatoms. The molecule has 0 spiro atoms. The number of hydrogen-bond donors (Lipinski definition) is 2. The van der Waals surface area contributed by atoms with Crippen molar-refractivity contribution in [2.24, 2.45) is 10.2 Å². The summed E-state index contributed by atoms with van der Waals surface area (Å²) >= 11 is 0. The third kappa shape index (κ3) is 4.25.